The molecule has 0 amide bonds. The molecule has 0 radical (unpaired) electrons. The van der Waals surface area contributed by atoms with Gasteiger partial charge in [-0.3, -0.25) is 0 Å². The number of rotatable bonds is 4. The van der Waals surface area contributed by atoms with Crippen molar-refractivity contribution in [3.8, 4) is 5.69 Å². The fourth-order valence-corrected chi connectivity index (χ4v) is 10.6. The largest absolute Gasteiger partial charge is 0.310 e. The molecule has 0 saturated carbocycles. The van der Waals surface area contributed by atoms with Crippen molar-refractivity contribution in [1.82, 2.24) is 4.57 Å². The van der Waals surface area contributed by atoms with Crippen molar-refractivity contribution in [2.45, 2.75) is 77.0 Å². The fraction of sp³-hybridized carbons (Fsp3) is 0.222. The Labute approximate surface area is 330 Å². The quantitative estimate of drug-likeness (QED) is 0.175. The minimum absolute atomic E-state index is 0.0644. The summed E-state index contributed by atoms with van der Waals surface area (Å²) in [6.45, 7) is 16.6. The van der Waals surface area contributed by atoms with E-state index in [4.69, 9.17) is 0 Å². The molecule has 0 N–H and O–H groups in total. The highest BCUT2D eigenvalue weighted by Gasteiger charge is 2.44. The van der Waals surface area contributed by atoms with Crippen molar-refractivity contribution in [1.29, 1.82) is 0 Å². The van der Waals surface area contributed by atoms with Crippen LogP contribution in [-0.4, -0.2) is 4.57 Å². The van der Waals surface area contributed by atoms with Crippen molar-refractivity contribution >= 4 is 61.2 Å². The third-order valence-electron chi connectivity index (χ3n) is 13.7. The van der Waals surface area contributed by atoms with Gasteiger partial charge in [0.1, 0.15) is 0 Å². The van der Waals surface area contributed by atoms with Gasteiger partial charge in [-0.2, -0.15) is 0 Å². The SMILES string of the molecule is CC(C)(C)c1ccc(N(c2ccc3cc(C4C=c5c6n7c8c(cccc58)C(C)(C)c5cccc(c5-7)C(C)(C)C=6C4)ccc3c2)c2cccc3ccccc23)cc1. The van der Waals surface area contributed by atoms with E-state index in [0.29, 0.717) is 0 Å². The summed E-state index contributed by atoms with van der Waals surface area (Å²) in [5, 5.41) is 9.26. The molecule has 3 aliphatic rings. The van der Waals surface area contributed by atoms with Crippen molar-refractivity contribution in [2.24, 2.45) is 0 Å². The first kappa shape index (κ1) is 33.5. The summed E-state index contributed by atoms with van der Waals surface area (Å²) < 4.78 is 2.66. The number of para-hydroxylation sites is 2. The number of aromatic nitrogens is 1. The van der Waals surface area contributed by atoms with Gasteiger partial charge >= 0.3 is 0 Å². The van der Waals surface area contributed by atoms with Crippen molar-refractivity contribution in [3.63, 3.8) is 0 Å². The van der Waals surface area contributed by atoms with Crippen LogP contribution in [0.2, 0.25) is 0 Å². The zero-order valence-corrected chi connectivity index (χ0v) is 33.5. The van der Waals surface area contributed by atoms with Gasteiger partial charge in [0.25, 0.3) is 0 Å². The average Bonchev–Trinajstić information content (AvgIpc) is 3.53. The Morgan fingerprint density at radius 3 is 2.04 bits per heavy atom. The Hall–Kier alpha value is -5.86. The van der Waals surface area contributed by atoms with Gasteiger partial charge < -0.3 is 9.47 Å². The Morgan fingerprint density at radius 1 is 0.589 bits per heavy atom. The first-order chi connectivity index (χ1) is 26.9. The summed E-state index contributed by atoms with van der Waals surface area (Å²) in [5.41, 5.74) is 14.9. The van der Waals surface area contributed by atoms with Crippen molar-refractivity contribution < 1.29 is 0 Å². The molecule has 0 spiro atoms. The van der Waals surface area contributed by atoms with Crippen LogP contribution < -0.4 is 15.5 Å². The van der Waals surface area contributed by atoms with Gasteiger partial charge in [0, 0.05) is 44.1 Å². The third kappa shape index (κ3) is 4.56. The number of anilines is 3. The molecule has 3 heterocycles. The lowest BCUT2D eigenvalue weighted by Gasteiger charge is -2.43. The monoisotopic (exact) mass is 724 g/mol. The molecule has 0 fully saturated rings. The van der Waals surface area contributed by atoms with Gasteiger partial charge in [-0.15, -0.1) is 0 Å². The van der Waals surface area contributed by atoms with Crippen LogP contribution in [0, 0.1) is 0 Å². The molecule has 2 nitrogen and oxygen atoms in total. The zero-order chi connectivity index (χ0) is 38.3. The number of fused-ring (bicyclic) bond motifs is 3. The maximum Gasteiger partial charge on any atom is 0.0582 e. The number of hydrogen-bond donors (Lipinski definition) is 0. The molecule has 0 saturated heterocycles. The summed E-state index contributed by atoms with van der Waals surface area (Å²) in [6.07, 6.45) is 3.62. The molecule has 1 unspecified atom stereocenters. The first-order valence-electron chi connectivity index (χ1n) is 20.4. The maximum absolute atomic E-state index is 2.66. The van der Waals surface area contributed by atoms with Crippen LogP contribution in [0.15, 0.2) is 140 Å². The lowest BCUT2D eigenvalue weighted by Crippen LogP contribution is -2.46. The molecular formula is C54H48N2. The van der Waals surface area contributed by atoms with E-state index < -0.39 is 0 Å². The van der Waals surface area contributed by atoms with Gasteiger partial charge in [0.05, 0.1) is 22.2 Å². The van der Waals surface area contributed by atoms with E-state index in [-0.39, 0.29) is 22.2 Å². The highest BCUT2D eigenvalue weighted by Crippen LogP contribution is 2.51. The average molecular weight is 725 g/mol. The predicted molar refractivity (Wildman–Crippen MR) is 238 cm³/mol. The van der Waals surface area contributed by atoms with E-state index in [1.807, 2.05) is 0 Å². The van der Waals surface area contributed by atoms with E-state index in [0.717, 1.165) is 17.8 Å². The summed E-state index contributed by atoms with van der Waals surface area (Å²) in [5.74, 6) is 0.288. The topological polar surface area (TPSA) is 8.17 Å². The Morgan fingerprint density at radius 2 is 1.23 bits per heavy atom. The van der Waals surface area contributed by atoms with Gasteiger partial charge in [-0.25, -0.2) is 0 Å². The summed E-state index contributed by atoms with van der Waals surface area (Å²) in [4.78, 5) is 2.43. The number of hydrogen-bond acceptors (Lipinski definition) is 1. The highest BCUT2D eigenvalue weighted by atomic mass is 15.1. The zero-order valence-electron chi connectivity index (χ0n) is 33.5. The molecule has 1 aliphatic carbocycles. The van der Waals surface area contributed by atoms with E-state index in [1.54, 1.807) is 5.57 Å². The van der Waals surface area contributed by atoms with Crippen LogP contribution in [-0.2, 0) is 16.2 Å². The predicted octanol–water partition coefficient (Wildman–Crippen LogP) is 12.8. The molecule has 56 heavy (non-hydrogen) atoms. The second-order valence-electron chi connectivity index (χ2n) is 18.6. The summed E-state index contributed by atoms with van der Waals surface area (Å²) in [6, 6.07) is 52.8. The van der Waals surface area contributed by atoms with E-state index >= 15 is 0 Å². The number of benzene rings is 7. The Bertz CT molecular complexity index is 3090. The minimum Gasteiger partial charge on any atom is -0.310 e. The molecule has 2 aliphatic heterocycles. The molecule has 1 aromatic heterocycles. The molecule has 8 aromatic rings. The van der Waals surface area contributed by atoms with Crippen LogP contribution in [0.5, 0.6) is 0 Å². The van der Waals surface area contributed by atoms with Gasteiger partial charge in [0.2, 0.25) is 0 Å². The van der Waals surface area contributed by atoms with Crippen LogP contribution in [0.3, 0.4) is 0 Å². The lowest BCUT2D eigenvalue weighted by atomic mass is 9.67. The number of nitrogens with zero attached hydrogens (tertiary/aromatic N) is 2. The van der Waals surface area contributed by atoms with E-state index in [1.165, 1.54) is 82.2 Å². The fourth-order valence-electron chi connectivity index (χ4n) is 10.6. The normalized spacial score (nSPS) is 17.3. The molecule has 11 rings (SSSR count). The molecular weight excluding hydrogens is 677 g/mol. The minimum atomic E-state index is -0.0769. The molecule has 1 atom stereocenters. The van der Waals surface area contributed by atoms with Gasteiger partial charge in [-0.05, 0) is 91.7 Å². The molecule has 7 aromatic carbocycles. The standard InChI is InChI=1S/C54H48N2/c1-52(2,3)38-24-27-39(28-25-38)55(48-20-10-14-33-13-8-9-15-41(33)48)40-26-23-34-29-35(21-22-36(34)30-40)37-31-43-42-16-11-17-44-49(42)56-50(43)47(32-37)54(6,7)46-19-12-18-45(51(46)56)53(44,4)5/h8-31,37H,32H2,1-7H3. The van der Waals surface area contributed by atoms with E-state index in [2.05, 4.69) is 204 Å². The van der Waals surface area contributed by atoms with Crippen LogP contribution in [0.25, 0.3) is 49.8 Å². The van der Waals surface area contributed by atoms with Gasteiger partial charge in [0.15, 0.2) is 0 Å². The smallest absolute Gasteiger partial charge is 0.0582 e. The van der Waals surface area contributed by atoms with Crippen LogP contribution >= 0.6 is 0 Å². The Balaban J connectivity index is 1.05. The highest BCUT2D eigenvalue weighted by molar-refractivity contribution is 6.00. The van der Waals surface area contributed by atoms with Crippen molar-refractivity contribution in [3.05, 3.63) is 178 Å². The molecule has 0 bridgehead atoms. The molecule has 274 valence electrons. The summed E-state index contributed by atoms with van der Waals surface area (Å²) >= 11 is 0. The first-order valence-corrected chi connectivity index (χ1v) is 20.4. The van der Waals surface area contributed by atoms with Crippen molar-refractivity contribution in [2.75, 3.05) is 4.90 Å². The maximum atomic E-state index is 2.66. The second kappa shape index (κ2) is 11.4. The Kier molecular flexibility index (Phi) is 6.79. The molecule has 2 heteroatoms. The third-order valence-corrected chi connectivity index (χ3v) is 13.7. The summed E-state index contributed by atoms with van der Waals surface area (Å²) in [7, 11) is 0. The van der Waals surface area contributed by atoms with Crippen LogP contribution in [0.4, 0.5) is 17.1 Å². The lowest BCUT2D eigenvalue weighted by molar-refractivity contribution is 0.587. The van der Waals surface area contributed by atoms with Gasteiger partial charge in [-0.1, -0.05) is 164 Å². The second-order valence-corrected chi connectivity index (χ2v) is 18.6. The van der Waals surface area contributed by atoms with Crippen LogP contribution in [0.1, 0.15) is 88.6 Å². The van der Waals surface area contributed by atoms with E-state index in [9.17, 15) is 0 Å².